The maximum Gasteiger partial charge on any atom is 0.302 e. The molecule has 3 aromatic rings. The molecule has 8 N–H and O–H groups in total. The Morgan fingerprint density at radius 2 is 1.62 bits per heavy atom. The number of carbonyl (C=O) groups is 1. The number of aliphatic hydroxyl groups excluding tert-OH is 3. The lowest BCUT2D eigenvalue weighted by atomic mass is 9.99. The lowest BCUT2D eigenvalue weighted by Crippen LogP contribution is -2.60. The molecular weight excluding hydrogens is 500 g/mol. The Kier molecular flexibility index (Phi) is 6.75. The van der Waals surface area contributed by atoms with Crippen LogP contribution < -0.4 is 10.2 Å². The smallest absolute Gasteiger partial charge is 0.302 e. The van der Waals surface area contributed by atoms with E-state index in [1.807, 2.05) is 0 Å². The Balaban J connectivity index is 1.75. The second kappa shape index (κ2) is 9.67. The highest BCUT2D eigenvalue weighted by Crippen LogP contribution is 2.44. The van der Waals surface area contributed by atoms with Crippen LogP contribution in [0.5, 0.6) is 34.5 Å². The molecule has 1 aliphatic rings. The van der Waals surface area contributed by atoms with E-state index >= 15 is 0 Å². The minimum atomic E-state index is -1.87. The Hall–Kier alpha value is -4.24. The minimum Gasteiger partial charge on any atom is -0.504 e. The van der Waals surface area contributed by atoms with E-state index in [0.717, 1.165) is 25.1 Å². The molecule has 2 heterocycles. The van der Waals surface area contributed by atoms with Crippen LogP contribution in [0.3, 0.4) is 0 Å². The number of esters is 1. The molecule has 4 rings (SSSR count). The zero-order valence-electron chi connectivity index (χ0n) is 18.9. The van der Waals surface area contributed by atoms with Crippen LogP contribution in [-0.4, -0.2) is 84.1 Å². The van der Waals surface area contributed by atoms with Crippen molar-refractivity contribution in [2.24, 2.45) is 0 Å². The molecule has 14 nitrogen and oxygen atoms in total. The molecule has 1 aromatic heterocycles. The Bertz CT molecular complexity index is 1410. The number of ether oxygens (including phenoxy) is 3. The van der Waals surface area contributed by atoms with Gasteiger partial charge in [0.15, 0.2) is 28.8 Å². The first kappa shape index (κ1) is 25.8. The number of hydrogen-bond acceptors (Lipinski definition) is 14. The van der Waals surface area contributed by atoms with E-state index in [-0.39, 0.29) is 5.56 Å². The standard InChI is InChI=1S/C23H22O14/c1-7(24)34-6-13-16(28)19(31)21(33)23(37-13)36-12-5-11-14(17(29)15(12)27)18(30)20(32)22(35-11)8-2-3-9(25)10(26)4-8/h2-5,13,16,19,21,23,25-29,31-33H,6H2,1H3/t13-,16-,19+,21-,23-/m1/s1. The van der Waals surface area contributed by atoms with Crippen molar-refractivity contribution in [2.45, 2.75) is 37.6 Å². The van der Waals surface area contributed by atoms with Crippen LogP contribution in [0.25, 0.3) is 22.3 Å². The Morgan fingerprint density at radius 1 is 0.919 bits per heavy atom. The molecule has 5 atom stereocenters. The van der Waals surface area contributed by atoms with Gasteiger partial charge in [0.1, 0.15) is 42.0 Å². The molecule has 0 radical (unpaired) electrons. The quantitative estimate of drug-likeness (QED) is 0.159. The first-order valence-corrected chi connectivity index (χ1v) is 10.7. The van der Waals surface area contributed by atoms with Gasteiger partial charge in [-0.15, -0.1) is 0 Å². The molecule has 1 aliphatic heterocycles. The van der Waals surface area contributed by atoms with Crippen molar-refractivity contribution in [1.82, 2.24) is 0 Å². The van der Waals surface area contributed by atoms with Gasteiger partial charge in [-0.1, -0.05) is 0 Å². The second-order valence-electron chi connectivity index (χ2n) is 8.19. The second-order valence-corrected chi connectivity index (χ2v) is 8.19. The van der Waals surface area contributed by atoms with Crippen LogP contribution in [0.1, 0.15) is 6.92 Å². The first-order valence-electron chi connectivity index (χ1n) is 10.7. The molecule has 0 saturated carbocycles. The number of carbonyl (C=O) groups excluding carboxylic acids is 1. The molecule has 198 valence electrons. The van der Waals surface area contributed by atoms with Gasteiger partial charge in [-0.2, -0.15) is 0 Å². The molecule has 0 unspecified atom stereocenters. The van der Waals surface area contributed by atoms with Crippen LogP contribution >= 0.6 is 0 Å². The summed E-state index contributed by atoms with van der Waals surface area (Å²) in [4.78, 5) is 23.8. The van der Waals surface area contributed by atoms with Crippen molar-refractivity contribution in [1.29, 1.82) is 0 Å². The average Bonchev–Trinajstić information content (AvgIpc) is 2.85. The van der Waals surface area contributed by atoms with E-state index in [4.69, 9.17) is 18.6 Å². The fraction of sp³-hybridized carbons (Fsp3) is 0.304. The van der Waals surface area contributed by atoms with E-state index in [9.17, 15) is 50.4 Å². The van der Waals surface area contributed by atoms with Crippen molar-refractivity contribution < 1.29 is 64.3 Å². The third-order valence-electron chi connectivity index (χ3n) is 5.67. The number of hydrogen-bond donors (Lipinski definition) is 8. The molecule has 0 amide bonds. The van der Waals surface area contributed by atoms with E-state index in [1.165, 1.54) is 6.07 Å². The number of rotatable bonds is 5. The summed E-state index contributed by atoms with van der Waals surface area (Å²) in [6.45, 7) is 0.593. The van der Waals surface area contributed by atoms with Gasteiger partial charge < -0.3 is 59.5 Å². The number of fused-ring (bicyclic) bond motifs is 1. The van der Waals surface area contributed by atoms with Crippen molar-refractivity contribution in [3.63, 3.8) is 0 Å². The summed E-state index contributed by atoms with van der Waals surface area (Å²) in [6.07, 6.45) is -8.47. The summed E-state index contributed by atoms with van der Waals surface area (Å²) < 4.78 is 21.1. The molecule has 1 fully saturated rings. The largest absolute Gasteiger partial charge is 0.504 e. The van der Waals surface area contributed by atoms with Gasteiger partial charge in [0.05, 0.1) is 0 Å². The highest BCUT2D eigenvalue weighted by Gasteiger charge is 2.45. The van der Waals surface area contributed by atoms with Crippen molar-refractivity contribution in [3.05, 3.63) is 34.5 Å². The van der Waals surface area contributed by atoms with Gasteiger partial charge in [-0.25, -0.2) is 0 Å². The van der Waals surface area contributed by atoms with Crippen molar-refractivity contribution in [3.8, 4) is 45.8 Å². The maximum atomic E-state index is 12.7. The molecule has 37 heavy (non-hydrogen) atoms. The monoisotopic (exact) mass is 522 g/mol. The van der Waals surface area contributed by atoms with Crippen LogP contribution in [-0.2, 0) is 14.3 Å². The molecule has 1 saturated heterocycles. The predicted octanol–water partition coefficient (Wildman–Crippen LogP) is -0.263. The third-order valence-corrected chi connectivity index (χ3v) is 5.67. The van der Waals surface area contributed by atoms with Gasteiger partial charge >= 0.3 is 5.97 Å². The summed E-state index contributed by atoms with van der Waals surface area (Å²) in [5.74, 6) is -5.87. The average molecular weight is 522 g/mol. The third kappa shape index (κ3) is 4.65. The summed E-state index contributed by atoms with van der Waals surface area (Å²) >= 11 is 0. The van der Waals surface area contributed by atoms with Crippen LogP contribution in [0.15, 0.2) is 33.5 Å². The van der Waals surface area contributed by atoms with E-state index in [2.05, 4.69) is 0 Å². The van der Waals surface area contributed by atoms with Crippen LogP contribution in [0.2, 0.25) is 0 Å². The Morgan fingerprint density at radius 3 is 2.27 bits per heavy atom. The normalized spacial score (nSPS) is 23.6. The summed E-state index contributed by atoms with van der Waals surface area (Å²) in [5.41, 5.74) is -1.60. The molecule has 0 bridgehead atoms. The van der Waals surface area contributed by atoms with Crippen molar-refractivity contribution in [2.75, 3.05) is 6.61 Å². The maximum absolute atomic E-state index is 12.7. The van der Waals surface area contributed by atoms with Gasteiger partial charge in [0.25, 0.3) is 0 Å². The van der Waals surface area contributed by atoms with E-state index < -0.39 is 99.9 Å². The van der Waals surface area contributed by atoms with Gasteiger partial charge in [-0.05, 0) is 18.2 Å². The van der Waals surface area contributed by atoms with Crippen LogP contribution in [0, 0.1) is 0 Å². The number of aromatic hydroxyl groups is 5. The molecule has 14 heteroatoms. The molecule has 0 aliphatic carbocycles. The van der Waals surface area contributed by atoms with E-state index in [0.29, 0.717) is 0 Å². The van der Waals surface area contributed by atoms with Gasteiger partial charge in [0, 0.05) is 18.6 Å². The number of aliphatic hydroxyl groups is 3. The molecule has 2 aromatic carbocycles. The zero-order chi connectivity index (χ0) is 27.2. The number of phenols is 4. The lowest BCUT2D eigenvalue weighted by Gasteiger charge is -2.39. The minimum absolute atomic E-state index is 0.0294. The summed E-state index contributed by atoms with van der Waals surface area (Å²) in [7, 11) is 0. The fourth-order valence-corrected chi connectivity index (χ4v) is 3.72. The lowest BCUT2D eigenvalue weighted by molar-refractivity contribution is -0.278. The highest BCUT2D eigenvalue weighted by molar-refractivity contribution is 5.91. The number of benzene rings is 2. The highest BCUT2D eigenvalue weighted by atomic mass is 16.7. The SMILES string of the molecule is CC(=O)OC[C@H]1O[C@@H](Oc2cc3oc(-c4ccc(O)c(O)c4)c(O)c(=O)c3c(O)c2O)[C@H](O)[C@@H](O)[C@@H]1O. The van der Waals surface area contributed by atoms with Gasteiger partial charge in [-0.3, -0.25) is 9.59 Å². The predicted molar refractivity (Wildman–Crippen MR) is 120 cm³/mol. The first-order chi connectivity index (χ1) is 17.4. The summed E-state index contributed by atoms with van der Waals surface area (Å²) in [6, 6.07) is 4.21. The zero-order valence-corrected chi connectivity index (χ0v) is 18.9. The molecular formula is C23H22O14. The molecule has 0 spiro atoms. The fourth-order valence-electron chi connectivity index (χ4n) is 3.72. The van der Waals surface area contributed by atoms with E-state index in [1.54, 1.807) is 0 Å². The topological polar surface area (TPSA) is 237 Å². The Labute approximate surface area is 206 Å². The summed E-state index contributed by atoms with van der Waals surface area (Å²) in [5, 5.41) is 80.4. The van der Waals surface area contributed by atoms with Gasteiger partial charge in [0.2, 0.25) is 23.2 Å². The van der Waals surface area contributed by atoms with Crippen LogP contribution in [0.4, 0.5) is 0 Å². The van der Waals surface area contributed by atoms with Crippen molar-refractivity contribution >= 4 is 16.9 Å². The number of phenolic OH excluding ortho intramolecular Hbond substituents is 4.